The van der Waals surface area contributed by atoms with Crippen molar-refractivity contribution < 1.29 is 14.9 Å². The molecule has 0 aliphatic carbocycles. The molecule has 5 heteroatoms. The van der Waals surface area contributed by atoms with Crippen molar-refractivity contribution in [3.8, 4) is 5.75 Å². The van der Waals surface area contributed by atoms with Gasteiger partial charge in [0.1, 0.15) is 10.9 Å². The number of rotatable bonds is 4. The van der Waals surface area contributed by atoms with Gasteiger partial charge >= 0.3 is 0 Å². The molecule has 2 aromatic carbocycles. The minimum Gasteiger partial charge on any atom is -0.507 e. The number of aromatic nitrogens is 1. The highest BCUT2D eigenvalue weighted by Crippen LogP contribution is 2.36. The van der Waals surface area contributed by atoms with Crippen molar-refractivity contribution in [3.63, 3.8) is 0 Å². The normalized spacial score (nSPS) is 12.5. The lowest BCUT2D eigenvalue weighted by atomic mass is 9.95. The van der Waals surface area contributed by atoms with E-state index in [-0.39, 0.29) is 5.75 Å². The third kappa shape index (κ3) is 3.15. The number of benzene rings is 2. The van der Waals surface area contributed by atoms with Crippen LogP contribution in [0.4, 0.5) is 0 Å². The van der Waals surface area contributed by atoms with E-state index in [1.54, 1.807) is 18.3 Å². The van der Waals surface area contributed by atoms with Crippen molar-refractivity contribution >= 4 is 22.4 Å². The van der Waals surface area contributed by atoms with Crippen LogP contribution in [0.5, 0.6) is 5.75 Å². The summed E-state index contributed by atoms with van der Waals surface area (Å²) < 4.78 is 4.95. The summed E-state index contributed by atoms with van der Waals surface area (Å²) in [6, 6.07) is 12.9. The minimum absolute atomic E-state index is 0.0351. The van der Waals surface area contributed by atoms with E-state index in [9.17, 15) is 10.2 Å². The van der Waals surface area contributed by atoms with E-state index in [4.69, 9.17) is 16.3 Å². The second kappa shape index (κ2) is 6.54. The van der Waals surface area contributed by atoms with Gasteiger partial charge in [0.25, 0.3) is 0 Å². The number of methoxy groups -OCH3 is 1. The van der Waals surface area contributed by atoms with Crippen molar-refractivity contribution in [1.82, 2.24) is 4.98 Å². The second-order valence-electron chi connectivity index (χ2n) is 5.27. The molecule has 0 aliphatic heterocycles. The highest BCUT2D eigenvalue weighted by atomic mass is 35.5. The fraction of sp³-hybridized carbons (Fsp3) is 0.167. The lowest BCUT2D eigenvalue weighted by molar-refractivity contribution is -0.0779. The van der Waals surface area contributed by atoms with Gasteiger partial charge in [0, 0.05) is 18.7 Å². The van der Waals surface area contributed by atoms with E-state index >= 15 is 0 Å². The molecule has 0 radical (unpaired) electrons. The fourth-order valence-electron chi connectivity index (χ4n) is 2.65. The Labute approximate surface area is 138 Å². The number of hydrogen-bond donors (Lipinski definition) is 2. The van der Waals surface area contributed by atoms with E-state index in [0.29, 0.717) is 22.5 Å². The smallest absolute Gasteiger partial charge is 0.184 e. The maximum absolute atomic E-state index is 10.4. The molecule has 1 unspecified atom stereocenters. The molecule has 1 atom stereocenters. The van der Waals surface area contributed by atoms with Gasteiger partial charge < -0.3 is 14.9 Å². The average molecular weight is 330 g/mol. The molecule has 2 N–H and O–H groups in total. The van der Waals surface area contributed by atoms with Gasteiger partial charge in [0.05, 0.1) is 5.56 Å². The topological polar surface area (TPSA) is 62.6 Å². The first-order chi connectivity index (χ1) is 11.1. The molecule has 0 spiro atoms. The van der Waals surface area contributed by atoms with Gasteiger partial charge in [-0.25, -0.2) is 4.98 Å². The number of halogens is 1. The van der Waals surface area contributed by atoms with E-state index in [2.05, 4.69) is 4.98 Å². The van der Waals surface area contributed by atoms with Crippen LogP contribution in [-0.4, -0.2) is 22.3 Å². The highest BCUT2D eigenvalue weighted by Gasteiger charge is 2.17. The van der Waals surface area contributed by atoms with Gasteiger partial charge in [0.15, 0.2) is 6.29 Å². The molecule has 118 valence electrons. The summed E-state index contributed by atoms with van der Waals surface area (Å²) in [7, 11) is 1.39. The lowest BCUT2D eigenvalue weighted by Gasteiger charge is -2.16. The van der Waals surface area contributed by atoms with Crippen molar-refractivity contribution in [2.75, 3.05) is 7.11 Å². The number of phenols is 1. The fourth-order valence-corrected chi connectivity index (χ4v) is 2.76. The molecule has 0 saturated heterocycles. The molecule has 0 saturated carbocycles. The van der Waals surface area contributed by atoms with Crippen LogP contribution in [0, 0.1) is 0 Å². The first-order valence-electron chi connectivity index (χ1n) is 7.15. The van der Waals surface area contributed by atoms with Crippen LogP contribution in [0.15, 0.2) is 48.7 Å². The standard InChI is InChI=1S/C18H16ClNO3/c1-23-18(22)15-9-12(8-11-6-7-16(19)20-10-11)13-4-2-3-5-14(13)17(15)21/h2-7,9-10,18,21-22H,8H2,1H3. The molecule has 0 fully saturated rings. The molecule has 3 aromatic rings. The van der Waals surface area contributed by atoms with Crippen LogP contribution < -0.4 is 0 Å². The number of nitrogens with zero attached hydrogens (tertiary/aromatic N) is 1. The zero-order chi connectivity index (χ0) is 16.4. The summed E-state index contributed by atoms with van der Waals surface area (Å²) in [4.78, 5) is 4.09. The molecule has 1 heterocycles. The minimum atomic E-state index is -1.18. The number of fused-ring (bicyclic) bond motifs is 1. The number of pyridine rings is 1. The SMILES string of the molecule is COC(O)c1cc(Cc2ccc(Cl)nc2)c2ccccc2c1O. The number of aliphatic hydroxyl groups is 1. The van der Waals surface area contributed by atoms with E-state index in [1.807, 2.05) is 30.3 Å². The zero-order valence-electron chi connectivity index (χ0n) is 12.5. The molecular formula is C18H16ClNO3. The molecule has 0 aliphatic rings. The van der Waals surface area contributed by atoms with Gasteiger partial charge in [0.2, 0.25) is 0 Å². The van der Waals surface area contributed by atoms with Gasteiger partial charge in [-0.05, 0) is 35.1 Å². The highest BCUT2D eigenvalue weighted by molar-refractivity contribution is 6.29. The Morgan fingerprint density at radius 3 is 2.57 bits per heavy atom. The van der Waals surface area contributed by atoms with Crippen LogP contribution in [0.25, 0.3) is 10.8 Å². The first kappa shape index (κ1) is 15.7. The largest absolute Gasteiger partial charge is 0.507 e. The molecule has 3 rings (SSSR count). The van der Waals surface area contributed by atoms with Crippen molar-refractivity contribution in [3.05, 3.63) is 70.5 Å². The first-order valence-corrected chi connectivity index (χ1v) is 7.52. The predicted octanol–water partition coefficient (Wildman–Crippen LogP) is 3.82. The number of aromatic hydroxyl groups is 1. The van der Waals surface area contributed by atoms with Gasteiger partial charge in [-0.2, -0.15) is 0 Å². The van der Waals surface area contributed by atoms with Crippen LogP contribution in [-0.2, 0) is 11.2 Å². The van der Waals surface area contributed by atoms with E-state index < -0.39 is 6.29 Å². The van der Waals surface area contributed by atoms with Crippen molar-refractivity contribution in [1.29, 1.82) is 0 Å². The third-order valence-electron chi connectivity index (χ3n) is 3.80. The Kier molecular flexibility index (Phi) is 4.48. The molecule has 0 bridgehead atoms. The number of hydrogen-bond acceptors (Lipinski definition) is 4. The Bertz CT molecular complexity index is 834. The van der Waals surface area contributed by atoms with Crippen LogP contribution in [0.1, 0.15) is 23.0 Å². The predicted molar refractivity (Wildman–Crippen MR) is 89.6 cm³/mol. The zero-order valence-corrected chi connectivity index (χ0v) is 13.3. The Hall–Kier alpha value is -2.14. The Morgan fingerprint density at radius 2 is 1.91 bits per heavy atom. The van der Waals surface area contributed by atoms with Gasteiger partial charge in [-0.1, -0.05) is 41.9 Å². The Morgan fingerprint density at radius 1 is 1.17 bits per heavy atom. The molecule has 23 heavy (non-hydrogen) atoms. The summed E-state index contributed by atoms with van der Waals surface area (Å²) >= 11 is 5.82. The molecular weight excluding hydrogens is 314 g/mol. The van der Waals surface area contributed by atoms with Crippen molar-refractivity contribution in [2.24, 2.45) is 0 Å². The van der Waals surface area contributed by atoms with Crippen LogP contribution in [0.3, 0.4) is 0 Å². The van der Waals surface area contributed by atoms with E-state index in [1.165, 1.54) is 7.11 Å². The summed E-state index contributed by atoms with van der Waals surface area (Å²) in [5, 5.41) is 22.4. The maximum Gasteiger partial charge on any atom is 0.184 e. The second-order valence-corrected chi connectivity index (χ2v) is 5.66. The quantitative estimate of drug-likeness (QED) is 0.564. The van der Waals surface area contributed by atoms with Crippen LogP contribution in [0.2, 0.25) is 5.15 Å². The van der Waals surface area contributed by atoms with Crippen molar-refractivity contribution in [2.45, 2.75) is 12.7 Å². The summed E-state index contributed by atoms with van der Waals surface area (Å²) in [6.07, 6.45) is 1.15. The summed E-state index contributed by atoms with van der Waals surface area (Å²) in [6.45, 7) is 0. The molecule has 4 nitrogen and oxygen atoms in total. The lowest BCUT2D eigenvalue weighted by Crippen LogP contribution is -2.02. The third-order valence-corrected chi connectivity index (χ3v) is 4.03. The number of phenolic OH excluding ortho intramolecular Hbond substituents is 1. The van der Waals surface area contributed by atoms with E-state index in [0.717, 1.165) is 16.5 Å². The van der Waals surface area contributed by atoms with Gasteiger partial charge in [-0.15, -0.1) is 0 Å². The molecule has 1 aromatic heterocycles. The Balaban J connectivity index is 2.14. The number of aliphatic hydroxyl groups excluding tert-OH is 1. The average Bonchev–Trinajstić information content (AvgIpc) is 2.58. The monoisotopic (exact) mass is 329 g/mol. The molecule has 0 amide bonds. The number of ether oxygens (including phenoxy) is 1. The van der Waals surface area contributed by atoms with Crippen LogP contribution >= 0.6 is 11.6 Å². The summed E-state index contributed by atoms with van der Waals surface area (Å²) in [5.41, 5.74) is 2.31. The maximum atomic E-state index is 10.4. The van der Waals surface area contributed by atoms with Gasteiger partial charge in [-0.3, -0.25) is 0 Å². The summed E-state index contributed by atoms with van der Waals surface area (Å²) in [5.74, 6) is 0.0351.